The van der Waals surface area contributed by atoms with E-state index in [0.717, 1.165) is 29.5 Å². The third kappa shape index (κ3) is 3.60. The second-order valence-electron chi connectivity index (χ2n) is 4.52. The summed E-state index contributed by atoms with van der Waals surface area (Å²) in [5.74, 6) is 7.11. The molecule has 1 aliphatic carbocycles. The molecule has 0 saturated heterocycles. The van der Waals surface area contributed by atoms with E-state index in [2.05, 4.69) is 10.4 Å². The van der Waals surface area contributed by atoms with E-state index in [-0.39, 0.29) is 11.4 Å². The zero-order valence-electron chi connectivity index (χ0n) is 10.3. The molecule has 0 aromatic carbocycles. The third-order valence-electron chi connectivity index (χ3n) is 3.03. The van der Waals surface area contributed by atoms with Crippen LogP contribution < -0.4 is 11.3 Å². The van der Waals surface area contributed by atoms with Gasteiger partial charge in [0.05, 0.1) is 13.5 Å². The van der Waals surface area contributed by atoms with Gasteiger partial charge in [-0.25, -0.2) is 10.8 Å². The number of hydrazine groups is 1. The monoisotopic (exact) mass is 287 g/mol. The number of anilines is 1. The second-order valence-corrected chi connectivity index (χ2v) is 6.62. The number of nitrogens with one attached hydrogen (secondary N) is 1. The van der Waals surface area contributed by atoms with Crippen LogP contribution in [-0.4, -0.2) is 23.8 Å². The van der Waals surface area contributed by atoms with Crippen LogP contribution in [0.25, 0.3) is 0 Å². The van der Waals surface area contributed by atoms with Crippen molar-refractivity contribution in [2.75, 3.05) is 18.3 Å². The van der Waals surface area contributed by atoms with Crippen LogP contribution >= 0.6 is 23.1 Å². The highest BCUT2D eigenvalue weighted by atomic mass is 32.2. The molecule has 1 fully saturated rings. The number of aromatic nitrogens is 1. The van der Waals surface area contributed by atoms with E-state index in [1.165, 1.54) is 12.0 Å². The van der Waals surface area contributed by atoms with Crippen molar-refractivity contribution in [2.24, 2.45) is 11.3 Å². The molecule has 1 heterocycles. The lowest BCUT2D eigenvalue weighted by Gasteiger charge is -2.12. The molecule has 1 aromatic heterocycles. The first-order valence-corrected chi connectivity index (χ1v) is 7.70. The van der Waals surface area contributed by atoms with Gasteiger partial charge < -0.3 is 4.74 Å². The van der Waals surface area contributed by atoms with Gasteiger partial charge >= 0.3 is 5.97 Å². The molecule has 0 amide bonds. The quantitative estimate of drug-likeness (QED) is 0.454. The van der Waals surface area contributed by atoms with Gasteiger partial charge in [-0.15, -0.1) is 11.3 Å². The molecule has 100 valence electrons. The number of ether oxygens (including phenoxy) is 1. The lowest BCUT2D eigenvalue weighted by molar-refractivity contribution is -0.141. The smallest absolute Gasteiger partial charge is 0.306 e. The highest BCUT2D eigenvalue weighted by molar-refractivity contribution is 7.98. The third-order valence-corrected chi connectivity index (χ3v) is 5.48. The maximum absolute atomic E-state index is 11.3. The summed E-state index contributed by atoms with van der Waals surface area (Å²) in [4.78, 5) is 16.6. The van der Waals surface area contributed by atoms with E-state index < -0.39 is 0 Å². The average molecular weight is 287 g/mol. The standard InChI is InChI=1S/C11H17N3O2S2/c1-16-9(15)4-11(2-3-11)7-17-6-8-5-13-10(14-12)18-8/h5H,2-4,6-7,12H2,1H3,(H,13,14). The number of thiazole rings is 1. The minimum Gasteiger partial charge on any atom is -0.469 e. The van der Waals surface area contributed by atoms with Crippen LogP contribution in [-0.2, 0) is 15.3 Å². The van der Waals surface area contributed by atoms with Gasteiger partial charge in [-0.2, -0.15) is 11.8 Å². The fourth-order valence-electron chi connectivity index (χ4n) is 1.74. The number of nitrogens with two attached hydrogens (primary N) is 1. The molecule has 1 saturated carbocycles. The summed E-state index contributed by atoms with van der Waals surface area (Å²) in [5, 5.41) is 0.737. The summed E-state index contributed by atoms with van der Waals surface area (Å²) in [6.07, 6.45) is 4.66. The Labute approximate surface area is 114 Å². The summed E-state index contributed by atoms with van der Waals surface area (Å²) in [6.45, 7) is 0. The van der Waals surface area contributed by atoms with Crippen LogP contribution in [0.5, 0.6) is 0 Å². The first-order valence-electron chi connectivity index (χ1n) is 5.73. The minimum absolute atomic E-state index is 0.0968. The summed E-state index contributed by atoms with van der Waals surface area (Å²) < 4.78 is 4.73. The van der Waals surface area contributed by atoms with E-state index in [1.54, 1.807) is 11.3 Å². The summed E-state index contributed by atoms with van der Waals surface area (Å²) in [6, 6.07) is 0. The Hall–Kier alpha value is -0.790. The van der Waals surface area contributed by atoms with Gasteiger partial charge in [-0.05, 0) is 24.0 Å². The van der Waals surface area contributed by atoms with Gasteiger partial charge in [0.1, 0.15) is 0 Å². The molecule has 2 rings (SSSR count). The van der Waals surface area contributed by atoms with Crippen molar-refractivity contribution in [1.82, 2.24) is 4.98 Å². The number of carbonyl (C=O) groups excluding carboxylic acids is 1. The molecule has 5 nitrogen and oxygen atoms in total. The number of hydrogen-bond donors (Lipinski definition) is 2. The van der Waals surface area contributed by atoms with Gasteiger partial charge in [0.15, 0.2) is 5.13 Å². The number of nitrogen functional groups attached to an aromatic ring is 1. The molecular formula is C11H17N3O2S2. The Morgan fingerprint density at radius 2 is 2.50 bits per heavy atom. The molecule has 0 radical (unpaired) electrons. The Morgan fingerprint density at radius 1 is 1.72 bits per heavy atom. The second kappa shape index (κ2) is 5.90. The van der Waals surface area contributed by atoms with Crippen molar-refractivity contribution in [1.29, 1.82) is 0 Å². The first-order chi connectivity index (χ1) is 8.67. The van der Waals surface area contributed by atoms with E-state index in [1.807, 2.05) is 18.0 Å². The zero-order chi connectivity index (χ0) is 13.0. The molecule has 0 atom stereocenters. The molecule has 7 heteroatoms. The highest BCUT2D eigenvalue weighted by Crippen LogP contribution is 2.51. The molecule has 0 bridgehead atoms. The molecule has 0 aliphatic heterocycles. The van der Waals surface area contributed by atoms with Crippen LogP contribution in [0, 0.1) is 5.41 Å². The number of nitrogens with zero attached hydrogens (tertiary/aromatic N) is 1. The normalized spacial score (nSPS) is 16.3. The first kappa shape index (κ1) is 13.6. The fraction of sp³-hybridized carbons (Fsp3) is 0.636. The zero-order valence-corrected chi connectivity index (χ0v) is 11.9. The van der Waals surface area contributed by atoms with Gasteiger partial charge in [0.2, 0.25) is 0 Å². The lowest BCUT2D eigenvalue weighted by atomic mass is 10.1. The van der Waals surface area contributed by atoms with Gasteiger partial charge in [-0.1, -0.05) is 0 Å². The number of rotatable bonds is 7. The van der Waals surface area contributed by atoms with Crippen LogP contribution in [0.2, 0.25) is 0 Å². The van der Waals surface area contributed by atoms with Crippen molar-refractivity contribution in [3.05, 3.63) is 11.1 Å². The lowest BCUT2D eigenvalue weighted by Crippen LogP contribution is -2.13. The molecule has 18 heavy (non-hydrogen) atoms. The molecule has 1 aromatic rings. The minimum atomic E-state index is -0.0968. The fourth-order valence-corrected chi connectivity index (χ4v) is 3.94. The average Bonchev–Trinajstić information content (AvgIpc) is 2.97. The van der Waals surface area contributed by atoms with Crippen LogP contribution in [0.1, 0.15) is 24.1 Å². The van der Waals surface area contributed by atoms with Crippen molar-refractivity contribution in [3.8, 4) is 0 Å². The summed E-state index contributed by atoms with van der Waals surface area (Å²) >= 11 is 3.41. The van der Waals surface area contributed by atoms with Crippen molar-refractivity contribution in [3.63, 3.8) is 0 Å². The molecule has 3 N–H and O–H groups in total. The number of thioether (sulfide) groups is 1. The van der Waals surface area contributed by atoms with Crippen LogP contribution in [0.4, 0.5) is 5.13 Å². The molecule has 0 unspecified atom stereocenters. The largest absolute Gasteiger partial charge is 0.469 e. The van der Waals surface area contributed by atoms with Gasteiger partial charge in [0, 0.05) is 16.8 Å². The van der Waals surface area contributed by atoms with Gasteiger partial charge in [0.25, 0.3) is 0 Å². The summed E-state index contributed by atoms with van der Waals surface area (Å²) in [7, 11) is 1.45. The highest BCUT2D eigenvalue weighted by Gasteiger charge is 2.44. The Balaban J connectivity index is 1.73. The SMILES string of the molecule is COC(=O)CC1(CSCc2cnc(NN)s2)CC1. The molecular weight excluding hydrogens is 270 g/mol. The maximum Gasteiger partial charge on any atom is 0.306 e. The Morgan fingerprint density at radius 3 is 3.06 bits per heavy atom. The molecule has 0 spiro atoms. The maximum atomic E-state index is 11.3. The number of carbonyl (C=O) groups is 1. The predicted octanol–water partition coefficient (Wildman–Crippen LogP) is 2.01. The van der Waals surface area contributed by atoms with E-state index in [0.29, 0.717) is 6.42 Å². The van der Waals surface area contributed by atoms with E-state index in [4.69, 9.17) is 10.6 Å². The number of methoxy groups -OCH3 is 1. The van der Waals surface area contributed by atoms with Gasteiger partial charge in [-0.3, -0.25) is 10.2 Å². The Bertz CT molecular complexity index is 418. The predicted molar refractivity (Wildman–Crippen MR) is 74.4 cm³/mol. The Kier molecular flexibility index (Phi) is 4.47. The van der Waals surface area contributed by atoms with E-state index in [9.17, 15) is 4.79 Å². The summed E-state index contributed by atoms with van der Waals surface area (Å²) in [5.41, 5.74) is 2.73. The number of hydrogen-bond acceptors (Lipinski definition) is 7. The van der Waals surface area contributed by atoms with Crippen LogP contribution in [0.3, 0.4) is 0 Å². The van der Waals surface area contributed by atoms with Crippen LogP contribution in [0.15, 0.2) is 6.20 Å². The number of esters is 1. The molecule has 1 aliphatic rings. The topological polar surface area (TPSA) is 77.2 Å². The van der Waals surface area contributed by atoms with Crippen molar-refractivity contribution >= 4 is 34.2 Å². The van der Waals surface area contributed by atoms with Crippen molar-refractivity contribution < 1.29 is 9.53 Å². The van der Waals surface area contributed by atoms with E-state index >= 15 is 0 Å². The van der Waals surface area contributed by atoms with Crippen molar-refractivity contribution in [2.45, 2.75) is 25.0 Å².